The van der Waals surface area contributed by atoms with Gasteiger partial charge < -0.3 is 5.32 Å². The first kappa shape index (κ1) is 12.8. The van der Waals surface area contributed by atoms with Gasteiger partial charge in [0.05, 0.1) is 11.6 Å². The van der Waals surface area contributed by atoms with Crippen molar-refractivity contribution in [2.45, 2.75) is 13.5 Å². The lowest BCUT2D eigenvalue weighted by atomic mass is 10.1. The Balaban J connectivity index is 2.10. The first-order valence-corrected chi connectivity index (χ1v) is 5.76. The zero-order valence-electron chi connectivity index (χ0n) is 10.5. The zero-order chi connectivity index (χ0) is 13.7. The summed E-state index contributed by atoms with van der Waals surface area (Å²) in [5, 5.41) is 12.0. The maximum absolute atomic E-state index is 8.84. The number of aryl methyl sites for hydroxylation is 1. The molecule has 0 aliphatic rings. The van der Waals surface area contributed by atoms with Crippen molar-refractivity contribution in [3.63, 3.8) is 0 Å². The number of nitrogens with one attached hydrogen (secondary N) is 2. The average Bonchev–Trinajstić information content (AvgIpc) is 2.44. The first-order chi connectivity index (χ1) is 9.21. The largest absolute Gasteiger partial charge is 0.366 e. The minimum atomic E-state index is 0.369. The number of aromatic nitrogens is 2. The molecule has 0 fully saturated rings. The number of rotatable bonds is 4. The number of nitrogen functional groups attached to an aromatic ring is 1. The number of anilines is 2. The van der Waals surface area contributed by atoms with Gasteiger partial charge in [-0.05, 0) is 24.6 Å². The predicted octanol–water partition coefficient (Wildman–Crippen LogP) is 1.55. The molecule has 0 saturated heterocycles. The highest BCUT2D eigenvalue weighted by Gasteiger charge is 2.01. The number of nitrogens with two attached hydrogens (primary N) is 1. The Kier molecular flexibility index (Phi) is 3.90. The van der Waals surface area contributed by atoms with E-state index < -0.39 is 0 Å². The monoisotopic (exact) mass is 254 g/mol. The van der Waals surface area contributed by atoms with Gasteiger partial charge in [0.1, 0.15) is 5.82 Å². The van der Waals surface area contributed by atoms with Crippen LogP contribution in [0.4, 0.5) is 11.8 Å². The van der Waals surface area contributed by atoms with Gasteiger partial charge in [-0.15, -0.1) is 0 Å². The van der Waals surface area contributed by atoms with E-state index in [0.29, 0.717) is 23.9 Å². The van der Waals surface area contributed by atoms with E-state index in [2.05, 4.69) is 26.8 Å². The smallest absolute Gasteiger partial charge is 0.239 e. The molecule has 0 radical (unpaired) electrons. The van der Waals surface area contributed by atoms with Crippen molar-refractivity contribution in [2.24, 2.45) is 5.84 Å². The number of hydrogen-bond donors (Lipinski definition) is 3. The molecule has 0 aliphatic heterocycles. The third-order valence-corrected chi connectivity index (χ3v) is 2.51. The van der Waals surface area contributed by atoms with E-state index in [1.54, 1.807) is 6.07 Å². The Labute approximate surface area is 111 Å². The van der Waals surface area contributed by atoms with Gasteiger partial charge in [-0.1, -0.05) is 12.1 Å². The lowest BCUT2D eigenvalue weighted by Gasteiger charge is -2.08. The highest BCUT2D eigenvalue weighted by atomic mass is 15.3. The second-order valence-corrected chi connectivity index (χ2v) is 4.03. The maximum atomic E-state index is 8.84. The van der Waals surface area contributed by atoms with Gasteiger partial charge in [0, 0.05) is 18.3 Å². The number of nitrogens with zero attached hydrogens (tertiary/aromatic N) is 3. The van der Waals surface area contributed by atoms with E-state index in [4.69, 9.17) is 11.1 Å². The molecule has 0 saturated carbocycles. The third-order valence-electron chi connectivity index (χ3n) is 2.51. The molecule has 0 atom stereocenters. The fourth-order valence-electron chi connectivity index (χ4n) is 1.67. The summed E-state index contributed by atoms with van der Waals surface area (Å²) in [6.07, 6.45) is 0. The highest BCUT2D eigenvalue weighted by molar-refractivity contribution is 5.43. The molecule has 1 aromatic carbocycles. The Bertz CT molecular complexity index is 617. The minimum absolute atomic E-state index is 0.369. The van der Waals surface area contributed by atoms with E-state index in [9.17, 15) is 0 Å². The zero-order valence-corrected chi connectivity index (χ0v) is 10.5. The number of nitriles is 1. The normalized spacial score (nSPS) is 9.74. The molecule has 96 valence electrons. The number of hydrogen-bond acceptors (Lipinski definition) is 6. The minimum Gasteiger partial charge on any atom is -0.366 e. The van der Waals surface area contributed by atoms with Crippen LogP contribution in [0.5, 0.6) is 0 Å². The van der Waals surface area contributed by atoms with E-state index in [1.165, 1.54) is 0 Å². The molecule has 0 aliphatic carbocycles. The second kappa shape index (κ2) is 5.80. The molecule has 19 heavy (non-hydrogen) atoms. The van der Waals surface area contributed by atoms with Crippen LogP contribution in [0.2, 0.25) is 0 Å². The van der Waals surface area contributed by atoms with Crippen LogP contribution >= 0.6 is 0 Å². The van der Waals surface area contributed by atoms with E-state index >= 15 is 0 Å². The van der Waals surface area contributed by atoms with E-state index in [0.717, 1.165) is 11.3 Å². The van der Waals surface area contributed by atoms with Crippen LogP contribution in [0.1, 0.15) is 16.8 Å². The topological polar surface area (TPSA) is 99.7 Å². The summed E-state index contributed by atoms with van der Waals surface area (Å²) in [6, 6.07) is 11.4. The standard InChI is InChI=1S/C13H14N6/c1-9-5-12(18-13(17-9)19-15)16-8-11-4-2-3-10(6-11)7-14/h2-6H,8,15H2,1H3,(H2,16,17,18,19). The number of benzene rings is 1. The van der Waals surface area contributed by atoms with Gasteiger partial charge in [-0.25, -0.2) is 10.8 Å². The highest BCUT2D eigenvalue weighted by Crippen LogP contribution is 2.11. The fraction of sp³-hybridized carbons (Fsp3) is 0.154. The van der Waals surface area contributed by atoms with Crippen LogP contribution in [0.25, 0.3) is 0 Å². The molecule has 4 N–H and O–H groups in total. The maximum Gasteiger partial charge on any atom is 0.239 e. The van der Waals surface area contributed by atoms with Crippen molar-refractivity contribution >= 4 is 11.8 Å². The van der Waals surface area contributed by atoms with Crippen molar-refractivity contribution in [1.29, 1.82) is 5.26 Å². The molecule has 2 aromatic rings. The Hall–Kier alpha value is -2.65. The summed E-state index contributed by atoms with van der Waals surface area (Å²) >= 11 is 0. The van der Waals surface area contributed by atoms with Crippen LogP contribution in [0.15, 0.2) is 30.3 Å². The molecule has 1 heterocycles. The molecular weight excluding hydrogens is 240 g/mol. The van der Waals surface area contributed by atoms with Crippen LogP contribution in [-0.4, -0.2) is 9.97 Å². The van der Waals surface area contributed by atoms with Crippen LogP contribution in [0.3, 0.4) is 0 Å². The van der Waals surface area contributed by atoms with Crippen LogP contribution in [0, 0.1) is 18.3 Å². The van der Waals surface area contributed by atoms with Crippen molar-refractivity contribution in [1.82, 2.24) is 9.97 Å². The lowest BCUT2D eigenvalue weighted by Crippen LogP contribution is -2.12. The molecule has 0 bridgehead atoms. The van der Waals surface area contributed by atoms with Gasteiger partial charge in [0.2, 0.25) is 5.95 Å². The van der Waals surface area contributed by atoms with Crippen molar-refractivity contribution in [3.05, 3.63) is 47.2 Å². The molecule has 0 spiro atoms. The molecule has 6 nitrogen and oxygen atoms in total. The van der Waals surface area contributed by atoms with Crippen LogP contribution in [-0.2, 0) is 6.54 Å². The molecule has 6 heteroatoms. The van der Waals surface area contributed by atoms with Crippen molar-refractivity contribution in [2.75, 3.05) is 10.7 Å². The Morgan fingerprint density at radius 3 is 2.89 bits per heavy atom. The van der Waals surface area contributed by atoms with E-state index in [1.807, 2.05) is 31.2 Å². The summed E-state index contributed by atoms with van der Waals surface area (Å²) in [4.78, 5) is 8.29. The summed E-state index contributed by atoms with van der Waals surface area (Å²) in [5.41, 5.74) is 4.89. The SMILES string of the molecule is Cc1cc(NCc2cccc(C#N)c2)nc(NN)n1. The summed E-state index contributed by atoms with van der Waals surface area (Å²) < 4.78 is 0. The van der Waals surface area contributed by atoms with Gasteiger partial charge in [0.15, 0.2) is 0 Å². The van der Waals surface area contributed by atoms with Crippen molar-refractivity contribution < 1.29 is 0 Å². The summed E-state index contributed by atoms with van der Waals surface area (Å²) in [5.74, 6) is 6.35. The van der Waals surface area contributed by atoms with Crippen molar-refractivity contribution in [3.8, 4) is 6.07 Å². The van der Waals surface area contributed by atoms with Gasteiger partial charge in [-0.3, -0.25) is 5.43 Å². The second-order valence-electron chi connectivity index (χ2n) is 4.03. The molecular formula is C13H14N6. The van der Waals surface area contributed by atoms with Gasteiger partial charge in [0.25, 0.3) is 0 Å². The Morgan fingerprint density at radius 1 is 1.32 bits per heavy atom. The Morgan fingerprint density at radius 2 is 2.16 bits per heavy atom. The van der Waals surface area contributed by atoms with E-state index in [-0.39, 0.29) is 0 Å². The third kappa shape index (κ3) is 3.40. The summed E-state index contributed by atoms with van der Waals surface area (Å²) in [6.45, 7) is 2.44. The first-order valence-electron chi connectivity index (χ1n) is 5.76. The predicted molar refractivity (Wildman–Crippen MR) is 73.1 cm³/mol. The molecule has 0 unspecified atom stereocenters. The van der Waals surface area contributed by atoms with Gasteiger partial charge in [-0.2, -0.15) is 10.2 Å². The average molecular weight is 254 g/mol. The molecule has 0 amide bonds. The summed E-state index contributed by atoms with van der Waals surface area (Å²) in [7, 11) is 0. The number of hydrazine groups is 1. The molecule has 1 aromatic heterocycles. The lowest BCUT2D eigenvalue weighted by molar-refractivity contribution is 1.04. The fourth-order valence-corrected chi connectivity index (χ4v) is 1.67. The molecule has 2 rings (SSSR count). The van der Waals surface area contributed by atoms with Gasteiger partial charge >= 0.3 is 0 Å². The quantitative estimate of drug-likeness (QED) is 0.565. The van der Waals surface area contributed by atoms with Crippen LogP contribution < -0.4 is 16.6 Å².